The predicted molar refractivity (Wildman–Crippen MR) is 90.4 cm³/mol. The van der Waals surface area contributed by atoms with Crippen LogP contribution >= 0.6 is 0 Å². The summed E-state index contributed by atoms with van der Waals surface area (Å²) in [6.45, 7) is 8.87. The fourth-order valence-electron chi connectivity index (χ4n) is 2.16. The summed E-state index contributed by atoms with van der Waals surface area (Å²) in [6, 6.07) is 3.55. The monoisotopic (exact) mass is 337 g/mol. The number of esters is 2. The van der Waals surface area contributed by atoms with Gasteiger partial charge in [-0.2, -0.15) is 0 Å². The lowest BCUT2D eigenvalue weighted by Gasteiger charge is -2.20. The van der Waals surface area contributed by atoms with Crippen LogP contribution in [0.25, 0.3) is 0 Å². The molecule has 0 radical (unpaired) electrons. The highest BCUT2D eigenvalue weighted by molar-refractivity contribution is 5.78. The van der Waals surface area contributed by atoms with Gasteiger partial charge in [-0.05, 0) is 64.3 Å². The lowest BCUT2D eigenvalue weighted by Crippen LogP contribution is -2.27. The Hall–Kier alpha value is -2.08. The normalized spacial score (nSPS) is 12.8. The molecule has 1 aromatic carbocycles. The number of carbonyl (C=O) groups excluding carboxylic acids is 2. The van der Waals surface area contributed by atoms with Gasteiger partial charge in [0, 0.05) is 6.42 Å². The largest absolute Gasteiger partial charge is 0.508 e. The van der Waals surface area contributed by atoms with E-state index in [9.17, 15) is 14.7 Å². The number of rotatable bonds is 6. The van der Waals surface area contributed by atoms with Crippen LogP contribution in [0, 0.1) is 0 Å². The second kappa shape index (κ2) is 8.15. The van der Waals surface area contributed by atoms with Crippen LogP contribution in [-0.2, 0) is 25.5 Å². The fraction of sp³-hybridized carbons (Fsp3) is 0.556. The molecular weight excluding hydrogens is 310 g/mol. The van der Waals surface area contributed by atoms with Gasteiger partial charge in [0.15, 0.2) is 0 Å². The Kier molecular flexibility index (Phi) is 6.78. The van der Waals surface area contributed by atoms with E-state index in [1.165, 1.54) is 12.1 Å². The maximum atomic E-state index is 12.0. The Morgan fingerprint density at radius 2 is 1.88 bits per heavy atom. The Morgan fingerprint density at radius 3 is 2.42 bits per heavy atom. The zero-order chi connectivity index (χ0) is 18.5. The van der Waals surface area contributed by atoms with Crippen molar-refractivity contribution in [3.05, 3.63) is 29.3 Å². The van der Waals surface area contributed by atoms with Crippen LogP contribution in [-0.4, -0.2) is 28.8 Å². The second-order valence-corrected chi connectivity index (χ2v) is 6.93. The van der Waals surface area contributed by atoms with E-state index >= 15 is 0 Å². The van der Waals surface area contributed by atoms with Crippen LogP contribution in [0.15, 0.2) is 18.2 Å². The zero-order valence-electron chi connectivity index (χ0n) is 15.0. The molecule has 1 unspecified atom stereocenters. The Bertz CT molecular complexity index is 590. The van der Waals surface area contributed by atoms with Crippen LogP contribution in [0.2, 0.25) is 0 Å². The number of phenols is 1. The van der Waals surface area contributed by atoms with Crippen LogP contribution in [0.1, 0.15) is 58.2 Å². The van der Waals surface area contributed by atoms with E-state index in [1.807, 2.05) is 0 Å². The molecule has 0 saturated carbocycles. The topological polar surface area (TPSA) is 98.9 Å². The molecule has 0 aliphatic carbocycles. The van der Waals surface area contributed by atoms with E-state index in [2.05, 4.69) is 0 Å². The molecule has 1 rings (SSSR count). The van der Waals surface area contributed by atoms with E-state index in [0.717, 1.165) is 0 Å². The number of hydrogen-bond acceptors (Lipinski definition) is 6. The minimum Gasteiger partial charge on any atom is -0.508 e. The van der Waals surface area contributed by atoms with Gasteiger partial charge in [-0.1, -0.05) is 6.07 Å². The Labute approximate surface area is 142 Å². The second-order valence-electron chi connectivity index (χ2n) is 6.93. The molecule has 1 atom stereocenters. The highest BCUT2D eigenvalue weighted by atomic mass is 16.6. The first-order valence-corrected chi connectivity index (χ1v) is 7.99. The van der Waals surface area contributed by atoms with Gasteiger partial charge in [0.25, 0.3) is 0 Å². The highest BCUT2D eigenvalue weighted by Gasteiger charge is 2.23. The van der Waals surface area contributed by atoms with E-state index in [1.54, 1.807) is 40.7 Å². The quantitative estimate of drug-likeness (QED) is 0.774. The average molecular weight is 337 g/mol. The fourth-order valence-corrected chi connectivity index (χ4v) is 2.16. The number of ether oxygens (including phenoxy) is 2. The molecule has 0 fully saturated rings. The summed E-state index contributed by atoms with van der Waals surface area (Å²) in [5, 5.41) is 9.68. The average Bonchev–Trinajstić information content (AvgIpc) is 2.42. The summed E-state index contributed by atoms with van der Waals surface area (Å²) in [5.74, 6) is -0.909. The number of hydrogen-bond donors (Lipinski definition) is 2. The summed E-state index contributed by atoms with van der Waals surface area (Å²) in [4.78, 5) is 23.9. The molecule has 6 heteroatoms. The van der Waals surface area contributed by atoms with Crippen molar-refractivity contribution in [2.75, 3.05) is 0 Å². The molecule has 3 N–H and O–H groups in total. The first kappa shape index (κ1) is 20.0. The first-order chi connectivity index (χ1) is 11.0. The molecule has 0 amide bonds. The molecular formula is C18H27NO5. The summed E-state index contributed by atoms with van der Waals surface area (Å²) in [7, 11) is 0. The molecule has 0 saturated heterocycles. The smallest absolute Gasteiger partial charge is 0.327 e. The first-order valence-electron chi connectivity index (χ1n) is 7.99. The molecule has 24 heavy (non-hydrogen) atoms. The van der Waals surface area contributed by atoms with Gasteiger partial charge in [0.1, 0.15) is 17.4 Å². The van der Waals surface area contributed by atoms with Crippen molar-refractivity contribution in [3.8, 4) is 5.75 Å². The van der Waals surface area contributed by atoms with Gasteiger partial charge < -0.3 is 20.3 Å². The van der Waals surface area contributed by atoms with Gasteiger partial charge in [-0.15, -0.1) is 0 Å². The number of benzene rings is 1. The van der Waals surface area contributed by atoms with Gasteiger partial charge in [0.2, 0.25) is 0 Å². The summed E-state index contributed by atoms with van der Waals surface area (Å²) in [6.07, 6.45) is 0.222. The lowest BCUT2D eigenvalue weighted by molar-refractivity contribution is -0.154. The SMILES string of the molecule is CC(C)OC(=O)C(N)c1cc(O)ccc1CCC(=O)OC(C)(C)C. The van der Waals surface area contributed by atoms with Crippen molar-refractivity contribution in [2.45, 2.75) is 65.2 Å². The summed E-state index contributed by atoms with van der Waals surface area (Å²) in [5.41, 5.74) is 6.56. The van der Waals surface area contributed by atoms with Gasteiger partial charge in [-0.25, -0.2) is 4.79 Å². The number of nitrogens with two attached hydrogens (primary N) is 1. The van der Waals surface area contributed by atoms with E-state index in [4.69, 9.17) is 15.2 Å². The van der Waals surface area contributed by atoms with E-state index < -0.39 is 17.6 Å². The van der Waals surface area contributed by atoms with Crippen molar-refractivity contribution in [1.29, 1.82) is 0 Å². The van der Waals surface area contributed by atoms with Gasteiger partial charge >= 0.3 is 11.9 Å². The van der Waals surface area contributed by atoms with Crippen molar-refractivity contribution in [1.82, 2.24) is 0 Å². The third-order valence-corrected chi connectivity index (χ3v) is 3.09. The van der Waals surface area contributed by atoms with E-state index in [-0.39, 0.29) is 24.2 Å². The van der Waals surface area contributed by atoms with Gasteiger partial charge in [-0.3, -0.25) is 4.79 Å². The molecule has 0 aliphatic heterocycles. The number of carbonyl (C=O) groups is 2. The molecule has 6 nitrogen and oxygen atoms in total. The highest BCUT2D eigenvalue weighted by Crippen LogP contribution is 2.24. The van der Waals surface area contributed by atoms with Gasteiger partial charge in [0.05, 0.1) is 6.10 Å². The standard InChI is InChI=1S/C18H27NO5/c1-11(2)23-17(22)16(19)14-10-13(20)8-6-12(14)7-9-15(21)24-18(3,4)5/h6,8,10-11,16,20H,7,9,19H2,1-5H3. The van der Waals surface area contributed by atoms with Crippen molar-refractivity contribution in [3.63, 3.8) is 0 Å². The van der Waals surface area contributed by atoms with Crippen molar-refractivity contribution >= 4 is 11.9 Å². The predicted octanol–water partition coefficient (Wildman–Crippen LogP) is 2.62. The molecule has 0 heterocycles. The molecule has 0 aromatic heterocycles. The van der Waals surface area contributed by atoms with Crippen molar-refractivity contribution in [2.24, 2.45) is 5.73 Å². The van der Waals surface area contributed by atoms with E-state index in [0.29, 0.717) is 17.5 Å². The minimum absolute atomic E-state index is 0.00110. The molecule has 134 valence electrons. The number of aromatic hydroxyl groups is 1. The van der Waals surface area contributed by atoms with Crippen LogP contribution < -0.4 is 5.73 Å². The molecule has 0 spiro atoms. The third kappa shape index (κ3) is 6.58. The minimum atomic E-state index is -1.02. The summed E-state index contributed by atoms with van der Waals surface area (Å²) >= 11 is 0. The Balaban J connectivity index is 2.88. The van der Waals surface area contributed by atoms with Crippen LogP contribution in [0.3, 0.4) is 0 Å². The lowest BCUT2D eigenvalue weighted by atomic mass is 9.97. The molecule has 0 aliphatic rings. The van der Waals surface area contributed by atoms with Crippen molar-refractivity contribution < 1.29 is 24.2 Å². The van der Waals surface area contributed by atoms with Crippen LogP contribution in [0.5, 0.6) is 5.75 Å². The molecule has 0 bridgehead atoms. The summed E-state index contributed by atoms with van der Waals surface area (Å²) < 4.78 is 10.4. The number of aryl methyl sites for hydroxylation is 1. The zero-order valence-corrected chi connectivity index (χ0v) is 15.0. The third-order valence-electron chi connectivity index (χ3n) is 3.09. The maximum Gasteiger partial charge on any atom is 0.327 e. The Morgan fingerprint density at radius 1 is 1.25 bits per heavy atom. The van der Waals surface area contributed by atoms with Crippen LogP contribution in [0.4, 0.5) is 0 Å². The maximum absolute atomic E-state index is 12.0. The number of phenolic OH excluding ortho intramolecular Hbond substituents is 1. The molecule has 1 aromatic rings.